The molecule has 2 aliphatic carbocycles. The van der Waals surface area contributed by atoms with E-state index in [1.54, 1.807) is 0 Å². The number of aliphatic hydroxyl groups is 2. The first-order valence-electron chi connectivity index (χ1n) is 7.97. The highest BCUT2D eigenvalue weighted by Crippen LogP contribution is 2.40. The van der Waals surface area contributed by atoms with E-state index in [2.05, 4.69) is 0 Å². The second kappa shape index (κ2) is 5.89. The van der Waals surface area contributed by atoms with Gasteiger partial charge in [-0.3, -0.25) is 0 Å². The molecule has 2 heterocycles. The summed E-state index contributed by atoms with van der Waals surface area (Å²) in [6, 6.07) is 0. The molecule has 0 bridgehead atoms. The van der Waals surface area contributed by atoms with Crippen molar-refractivity contribution in [2.45, 2.75) is 81.6 Å². The van der Waals surface area contributed by atoms with Gasteiger partial charge in [0.25, 0.3) is 0 Å². The minimum absolute atomic E-state index is 0.213. The summed E-state index contributed by atoms with van der Waals surface area (Å²) in [6.45, 7) is 1.58. The van der Waals surface area contributed by atoms with E-state index >= 15 is 0 Å². The molecule has 0 amide bonds. The van der Waals surface area contributed by atoms with E-state index in [9.17, 15) is 0 Å². The maximum absolute atomic E-state index is 8.75. The lowest BCUT2D eigenvalue weighted by Crippen LogP contribution is -2.48. The molecule has 2 saturated heterocycles. The topological polar surface area (TPSA) is 68.2 Å². The van der Waals surface area contributed by atoms with E-state index in [-0.39, 0.29) is 11.9 Å². The van der Waals surface area contributed by atoms with Crippen LogP contribution in [0, 0.1) is 0 Å². The van der Waals surface area contributed by atoms with Crippen LogP contribution < -0.4 is 0 Å². The molecule has 20 heavy (non-hydrogen) atoms. The Bertz CT molecular complexity index is 316. The Hall–Kier alpha value is -0.200. The maximum atomic E-state index is 8.75. The summed E-state index contributed by atoms with van der Waals surface area (Å²) in [4.78, 5) is 0. The normalized spacial score (nSPS) is 37.5. The lowest BCUT2D eigenvalue weighted by atomic mass is 10.1. The van der Waals surface area contributed by atoms with Crippen molar-refractivity contribution in [2.75, 3.05) is 13.2 Å². The highest BCUT2D eigenvalue weighted by molar-refractivity contribution is 4.88. The van der Waals surface area contributed by atoms with Crippen molar-refractivity contribution in [2.24, 2.45) is 0 Å². The van der Waals surface area contributed by atoms with Crippen molar-refractivity contribution >= 4 is 0 Å². The van der Waals surface area contributed by atoms with Crippen LogP contribution in [-0.4, -0.2) is 47.2 Å². The van der Waals surface area contributed by atoms with Crippen molar-refractivity contribution < 1.29 is 24.4 Å². The highest BCUT2D eigenvalue weighted by Gasteiger charge is 2.46. The molecular weight excluding hydrogens is 260 g/mol. The van der Waals surface area contributed by atoms with Gasteiger partial charge in [0, 0.05) is 32.3 Å². The fourth-order valence-corrected chi connectivity index (χ4v) is 3.58. The van der Waals surface area contributed by atoms with Gasteiger partial charge in [-0.2, -0.15) is 0 Å². The minimum atomic E-state index is -1.31. The summed E-state index contributed by atoms with van der Waals surface area (Å²) in [5.74, 6) is -1.52. The van der Waals surface area contributed by atoms with Crippen LogP contribution in [0.2, 0.25) is 0 Å². The SMILES string of the molecule is C1CCC2(C1)OCC1OCCC1O2.OC1(O)CCCC1. The van der Waals surface area contributed by atoms with Gasteiger partial charge in [-0.1, -0.05) is 0 Å². The summed E-state index contributed by atoms with van der Waals surface area (Å²) < 4.78 is 17.3. The molecule has 2 N–H and O–H groups in total. The second-order valence-corrected chi connectivity index (χ2v) is 6.47. The van der Waals surface area contributed by atoms with Gasteiger partial charge in [0.15, 0.2) is 11.6 Å². The van der Waals surface area contributed by atoms with Crippen LogP contribution in [0.1, 0.15) is 57.8 Å². The van der Waals surface area contributed by atoms with Crippen molar-refractivity contribution in [3.05, 3.63) is 0 Å². The minimum Gasteiger partial charge on any atom is -0.373 e. The van der Waals surface area contributed by atoms with Crippen LogP contribution >= 0.6 is 0 Å². The van der Waals surface area contributed by atoms with Gasteiger partial charge in [0.2, 0.25) is 0 Å². The standard InChI is InChI=1S/C10H16O3.C5H10O2/c1-2-5-10(4-1)12-7-9-8(13-10)3-6-11-9;6-5(7)3-1-2-4-5/h8-9H,1-7H2;6-7H,1-4H2. The maximum Gasteiger partial charge on any atom is 0.168 e. The molecule has 5 heteroatoms. The number of rotatable bonds is 0. The summed E-state index contributed by atoms with van der Waals surface area (Å²) in [7, 11) is 0. The van der Waals surface area contributed by atoms with Crippen LogP contribution in [-0.2, 0) is 14.2 Å². The molecule has 0 aromatic rings. The number of hydrogen-bond donors (Lipinski definition) is 2. The zero-order valence-electron chi connectivity index (χ0n) is 12.1. The Labute approximate surface area is 120 Å². The predicted octanol–water partition coefficient (Wildman–Crippen LogP) is 1.70. The lowest BCUT2D eigenvalue weighted by Gasteiger charge is -2.39. The molecule has 2 unspecified atom stereocenters. The number of fused-ring (bicyclic) bond motifs is 1. The quantitative estimate of drug-likeness (QED) is 0.663. The Morgan fingerprint density at radius 1 is 0.850 bits per heavy atom. The van der Waals surface area contributed by atoms with E-state index in [1.165, 1.54) is 12.8 Å². The van der Waals surface area contributed by atoms with Gasteiger partial charge in [-0.25, -0.2) is 0 Å². The van der Waals surface area contributed by atoms with Crippen molar-refractivity contribution in [1.29, 1.82) is 0 Å². The molecule has 4 rings (SSSR count). The van der Waals surface area contributed by atoms with Gasteiger partial charge in [-0.05, 0) is 32.1 Å². The van der Waals surface area contributed by atoms with E-state index in [4.69, 9.17) is 24.4 Å². The van der Waals surface area contributed by atoms with E-state index in [0.29, 0.717) is 18.9 Å². The van der Waals surface area contributed by atoms with Gasteiger partial charge in [0.1, 0.15) is 6.10 Å². The molecule has 2 aliphatic heterocycles. The first-order chi connectivity index (χ1) is 9.59. The van der Waals surface area contributed by atoms with E-state index in [0.717, 1.165) is 45.3 Å². The van der Waals surface area contributed by atoms with Crippen LogP contribution in [0.25, 0.3) is 0 Å². The largest absolute Gasteiger partial charge is 0.373 e. The molecule has 4 fully saturated rings. The Morgan fingerprint density at radius 3 is 2.10 bits per heavy atom. The molecular formula is C15H26O5. The third-order valence-electron chi connectivity index (χ3n) is 4.80. The van der Waals surface area contributed by atoms with Crippen LogP contribution in [0.5, 0.6) is 0 Å². The Kier molecular flexibility index (Phi) is 4.34. The molecule has 1 spiro atoms. The molecule has 5 nitrogen and oxygen atoms in total. The molecule has 0 radical (unpaired) electrons. The zero-order valence-corrected chi connectivity index (χ0v) is 12.1. The van der Waals surface area contributed by atoms with Crippen LogP contribution in [0.4, 0.5) is 0 Å². The fourth-order valence-electron chi connectivity index (χ4n) is 3.58. The van der Waals surface area contributed by atoms with Gasteiger partial charge in [-0.15, -0.1) is 0 Å². The van der Waals surface area contributed by atoms with Crippen LogP contribution in [0.15, 0.2) is 0 Å². The highest BCUT2D eigenvalue weighted by atomic mass is 16.7. The zero-order chi connectivity index (χ0) is 14.1. The number of ether oxygens (including phenoxy) is 3. The molecule has 4 aliphatic rings. The average molecular weight is 286 g/mol. The van der Waals surface area contributed by atoms with Crippen LogP contribution in [0.3, 0.4) is 0 Å². The second-order valence-electron chi connectivity index (χ2n) is 6.47. The molecule has 2 saturated carbocycles. The third kappa shape index (κ3) is 3.34. The first-order valence-corrected chi connectivity index (χ1v) is 7.97. The fraction of sp³-hybridized carbons (Fsp3) is 1.00. The number of hydrogen-bond acceptors (Lipinski definition) is 5. The predicted molar refractivity (Wildman–Crippen MR) is 72.0 cm³/mol. The molecule has 116 valence electrons. The van der Waals surface area contributed by atoms with Gasteiger partial charge >= 0.3 is 0 Å². The van der Waals surface area contributed by atoms with E-state index < -0.39 is 5.79 Å². The monoisotopic (exact) mass is 286 g/mol. The van der Waals surface area contributed by atoms with Crippen molar-refractivity contribution in [3.8, 4) is 0 Å². The van der Waals surface area contributed by atoms with Crippen molar-refractivity contribution in [1.82, 2.24) is 0 Å². The summed E-state index contributed by atoms with van der Waals surface area (Å²) in [6.07, 6.45) is 9.29. The first kappa shape index (κ1) is 14.7. The molecule has 0 aromatic carbocycles. The lowest BCUT2D eigenvalue weighted by molar-refractivity contribution is -0.306. The summed E-state index contributed by atoms with van der Waals surface area (Å²) in [5.41, 5.74) is 0. The third-order valence-corrected chi connectivity index (χ3v) is 4.80. The van der Waals surface area contributed by atoms with E-state index in [1.807, 2.05) is 0 Å². The molecule has 0 aromatic heterocycles. The van der Waals surface area contributed by atoms with Gasteiger partial charge in [0.05, 0.1) is 12.7 Å². The Balaban J connectivity index is 0.000000147. The van der Waals surface area contributed by atoms with Gasteiger partial charge < -0.3 is 24.4 Å². The Morgan fingerprint density at radius 2 is 1.50 bits per heavy atom. The van der Waals surface area contributed by atoms with Crippen molar-refractivity contribution in [3.63, 3.8) is 0 Å². The average Bonchev–Trinajstić information content (AvgIpc) is 3.12. The summed E-state index contributed by atoms with van der Waals surface area (Å²) >= 11 is 0. The molecule has 2 atom stereocenters. The smallest absolute Gasteiger partial charge is 0.168 e. The summed E-state index contributed by atoms with van der Waals surface area (Å²) in [5, 5.41) is 17.5.